The third kappa shape index (κ3) is 4.35. The van der Waals surface area contributed by atoms with Crippen molar-refractivity contribution < 1.29 is 14.6 Å². The van der Waals surface area contributed by atoms with E-state index in [1.807, 2.05) is 0 Å². The lowest BCUT2D eigenvalue weighted by atomic mass is 10.0. The highest BCUT2D eigenvalue weighted by molar-refractivity contribution is 5.90. The molecule has 3 heteroatoms. The van der Waals surface area contributed by atoms with Gasteiger partial charge in [0, 0.05) is 12.0 Å². The van der Waals surface area contributed by atoms with Gasteiger partial charge in [-0.3, -0.25) is 0 Å². The Bertz CT molecular complexity index is 335. The number of esters is 1. The van der Waals surface area contributed by atoms with E-state index in [-0.39, 0.29) is 5.97 Å². The monoisotopic (exact) mass is 238 g/mol. The lowest BCUT2D eigenvalue weighted by Crippen LogP contribution is -2.09. The van der Waals surface area contributed by atoms with Gasteiger partial charge >= 0.3 is 5.97 Å². The predicted octanol–water partition coefficient (Wildman–Crippen LogP) is 2.75. The fourth-order valence-electron chi connectivity index (χ4n) is 2.09. The summed E-state index contributed by atoms with van der Waals surface area (Å²) < 4.78 is 5.01. The molecule has 17 heavy (non-hydrogen) atoms. The zero-order valence-corrected chi connectivity index (χ0v) is 11.0. The molecular weight excluding hydrogens is 216 g/mol. The van der Waals surface area contributed by atoms with Crippen LogP contribution in [0.15, 0.2) is 22.8 Å². The van der Waals surface area contributed by atoms with Crippen LogP contribution in [0.25, 0.3) is 0 Å². The van der Waals surface area contributed by atoms with Crippen LogP contribution < -0.4 is 0 Å². The fourth-order valence-corrected chi connectivity index (χ4v) is 2.09. The molecule has 0 unspecified atom stereocenters. The molecule has 0 spiro atoms. The zero-order chi connectivity index (χ0) is 12.8. The largest absolute Gasteiger partial charge is 0.463 e. The van der Waals surface area contributed by atoms with Gasteiger partial charge in [-0.05, 0) is 40.0 Å². The molecule has 0 fully saturated rings. The summed E-state index contributed by atoms with van der Waals surface area (Å²) in [6.07, 6.45) is 4.58. The molecule has 1 aliphatic rings. The van der Waals surface area contributed by atoms with Gasteiger partial charge in [-0.25, -0.2) is 4.79 Å². The lowest BCUT2D eigenvalue weighted by Gasteiger charge is -2.05. The number of hydrogen-bond donors (Lipinski definition) is 1. The molecule has 0 bridgehead atoms. The minimum Gasteiger partial charge on any atom is -0.463 e. The minimum absolute atomic E-state index is 0.253. The van der Waals surface area contributed by atoms with Gasteiger partial charge in [0.2, 0.25) is 0 Å². The Morgan fingerprint density at radius 3 is 2.76 bits per heavy atom. The van der Waals surface area contributed by atoms with E-state index in [0.717, 1.165) is 18.4 Å². The summed E-state index contributed by atoms with van der Waals surface area (Å²) in [4.78, 5) is 11.7. The van der Waals surface area contributed by atoms with Crippen molar-refractivity contribution in [2.24, 2.45) is 0 Å². The molecule has 1 aliphatic carbocycles. The summed E-state index contributed by atoms with van der Waals surface area (Å²) in [5.74, 6) is -0.253. The Morgan fingerprint density at radius 1 is 1.47 bits per heavy atom. The van der Waals surface area contributed by atoms with Crippen LogP contribution in [0.5, 0.6) is 0 Å². The molecule has 0 aromatic carbocycles. The molecular formula is C14H22O3. The van der Waals surface area contributed by atoms with E-state index in [2.05, 4.69) is 19.9 Å². The van der Waals surface area contributed by atoms with Gasteiger partial charge in [0.1, 0.15) is 0 Å². The molecule has 3 nitrogen and oxygen atoms in total. The van der Waals surface area contributed by atoms with E-state index in [9.17, 15) is 9.90 Å². The second-order valence-electron chi connectivity index (χ2n) is 4.68. The number of carbonyl (C=O) groups excluding carboxylic acids is 1. The number of ether oxygens (including phenoxy) is 1. The van der Waals surface area contributed by atoms with E-state index < -0.39 is 6.10 Å². The number of rotatable bonds is 5. The van der Waals surface area contributed by atoms with Crippen molar-refractivity contribution in [3.63, 3.8) is 0 Å². The normalized spacial score (nSPS) is 19.4. The lowest BCUT2D eigenvalue weighted by molar-refractivity contribution is -0.138. The predicted molar refractivity (Wildman–Crippen MR) is 67.6 cm³/mol. The maximum Gasteiger partial charge on any atom is 0.334 e. The third-order valence-electron chi connectivity index (χ3n) is 2.87. The van der Waals surface area contributed by atoms with Gasteiger partial charge < -0.3 is 9.84 Å². The van der Waals surface area contributed by atoms with Crippen molar-refractivity contribution in [3.8, 4) is 0 Å². The van der Waals surface area contributed by atoms with Crippen LogP contribution in [-0.4, -0.2) is 23.8 Å². The quantitative estimate of drug-likeness (QED) is 0.591. The smallest absolute Gasteiger partial charge is 0.334 e. The summed E-state index contributed by atoms with van der Waals surface area (Å²) in [6.45, 7) is 6.31. The molecule has 0 aromatic rings. The first-order valence-electron chi connectivity index (χ1n) is 6.24. The van der Waals surface area contributed by atoms with Crippen LogP contribution in [-0.2, 0) is 9.53 Å². The summed E-state index contributed by atoms with van der Waals surface area (Å²) in [5.41, 5.74) is 3.04. The summed E-state index contributed by atoms with van der Waals surface area (Å²) >= 11 is 0. The van der Waals surface area contributed by atoms with Crippen molar-refractivity contribution in [2.75, 3.05) is 6.61 Å². The highest BCUT2D eigenvalue weighted by Gasteiger charge is 2.27. The number of aliphatic hydroxyl groups is 1. The third-order valence-corrected chi connectivity index (χ3v) is 2.87. The van der Waals surface area contributed by atoms with E-state index >= 15 is 0 Å². The highest BCUT2D eigenvalue weighted by Crippen LogP contribution is 2.30. The second kappa shape index (κ2) is 6.60. The molecule has 0 radical (unpaired) electrons. The Hall–Kier alpha value is -1.09. The molecule has 1 atom stereocenters. The van der Waals surface area contributed by atoms with E-state index in [4.69, 9.17) is 4.74 Å². The summed E-state index contributed by atoms with van der Waals surface area (Å²) in [7, 11) is 0. The van der Waals surface area contributed by atoms with Crippen molar-refractivity contribution in [2.45, 2.75) is 52.6 Å². The van der Waals surface area contributed by atoms with Crippen molar-refractivity contribution >= 4 is 5.97 Å². The number of hydrogen-bond acceptors (Lipinski definition) is 3. The first-order chi connectivity index (χ1) is 8.04. The highest BCUT2D eigenvalue weighted by atomic mass is 16.5. The molecule has 0 aromatic heterocycles. The number of aliphatic hydroxyl groups excluding tert-OH is 1. The van der Waals surface area contributed by atoms with Crippen LogP contribution in [0, 0.1) is 0 Å². The standard InChI is InChI=1S/C14H22O3/c1-4-17-14(16)13-9-12(15)8-11(13)7-5-6-10(2)3/h6,12,15H,4-5,7-9H2,1-3H3/t12-/m1/s1. The molecule has 1 N–H and O–H groups in total. The van der Waals surface area contributed by atoms with Crippen LogP contribution in [0.4, 0.5) is 0 Å². The maximum absolute atomic E-state index is 11.7. The van der Waals surface area contributed by atoms with Gasteiger partial charge in [-0.1, -0.05) is 17.2 Å². The molecule has 0 amide bonds. The van der Waals surface area contributed by atoms with Crippen molar-refractivity contribution in [1.29, 1.82) is 0 Å². The van der Waals surface area contributed by atoms with E-state index in [1.54, 1.807) is 6.92 Å². The molecule has 0 saturated heterocycles. The summed E-state index contributed by atoms with van der Waals surface area (Å²) in [5, 5.41) is 9.63. The van der Waals surface area contributed by atoms with Gasteiger partial charge in [0.25, 0.3) is 0 Å². The zero-order valence-electron chi connectivity index (χ0n) is 11.0. The van der Waals surface area contributed by atoms with Gasteiger partial charge in [-0.15, -0.1) is 0 Å². The topological polar surface area (TPSA) is 46.5 Å². The van der Waals surface area contributed by atoms with Crippen molar-refractivity contribution in [1.82, 2.24) is 0 Å². The van der Waals surface area contributed by atoms with Crippen LogP contribution >= 0.6 is 0 Å². The van der Waals surface area contributed by atoms with E-state index in [1.165, 1.54) is 5.57 Å². The molecule has 0 aliphatic heterocycles. The first kappa shape index (κ1) is 14.0. The number of allylic oxidation sites excluding steroid dienone is 2. The average Bonchev–Trinajstić information content (AvgIpc) is 2.59. The van der Waals surface area contributed by atoms with Crippen molar-refractivity contribution in [3.05, 3.63) is 22.8 Å². The SMILES string of the molecule is CCOC(=O)C1=C(CCC=C(C)C)C[C@@H](O)C1. The van der Waals surface area contributed by atoms with Gasteiger partial charge in [-0.2, -0.15) is 0 Å². The molecule has 0 saturated carbocycles. The fraction of sp³-hybridized carbons (Fsp3) is 0.643. The van der Waals surface area contributed by atoms with Gasteiger partial charge in [0.05, 0.1) is 12.7 Å². The molecule has 0 heterocycles. The van der Waals surface area contributed by atoms with Crippen LogP contribution in [0.3, 0.4) is 0 Å². The van der Waals surface area contributed by atoms with Crippen LogP contribution in [0.1, 0.15) is 46.5 Å². The van der Waals surface area contributed by atoms with E-state index in [0.29, 0.717) is 25.0 Å². The Labute approximate surface area is 103 Å². The Kier molecular flexibility index (Phi) is 5.42. The summed E-state index contributed by atoms with van der Waals surface area (Å²) in [6, 6.07) is 0. The first-order valence-corrected chi connectivity index (χ1v) is 6.24. The van der Waals surface area contributed by atoms with Crippen LogP contribution in [0.2, 0.25) is 0 Å². The average molecular weight is 238 g/mol. The minimum atomic E-state index is -0.406. The second-order valence-corrected chi connectivity index (χ2v) is 4.68. The maximum atomic E-state index is 11.7. The molecule has 1 rings (SSSR count). The number of carbonyl (C=O) groups is 1. The Morgan fingerprint density at radius 2 is 2.18 bits per heavy atom. The molecule has 96 valence electrons. The Balaban J connectivity index is 2.66. The van der Waals surface area contributed by atoms with Gasteiger partial charge in [0.15, 0.2) is 0 Å².